The number of hydrogen-bond donors (Lipinski definition) is 1. The monoisotopic (exact) mass is 267 g/mol. The number of ether oxygens (including phenoxy) is 1. The van der Waals surface area contributed by atoms with Gasteiger partial charge in [-0.25, -0.2) is 0 Å². The summed E-state index contributed by atoms with van der Waals surface area (Å²) in [4.78, 5) is 0. The summed E-state index contributed by atoms with van der Waals surface area (Å²) in [5, 5.41) is 0.689. The molecule has 1 aromatic carbocycles. The summed E-state index contributed by atoms with van der Waals surface area (Å²) in [7, 11) is 0. The lowest BCUT2D eigenvalue weighted by Gasteiger charge is -2.34. The number of rotatable bonds is 3. The van der Waals surface area contributed by atoms with Crippen LogP contribution in [0.3, 0.4) is 0 Å². The van der Waals surface area contributed by atoms with E-state index in [0.29, 0.717) is 23.4 Å². The van der Waals surface area contributed by atoms with Crippen LogP contribution in [0.1, 0.15) is 31.7 Å². The zero-order chi connectivity index (χ0) is 13.1. The van der Waals surface area contributed by atoms with E-state index in [1.165, 1.54) is 12.0 Å². The van der Waals surface area contributed by atoms with E-state index in [9.17, 15) is 0 Å². The molecule has 3 heteroatoms. The molecule has 0 aromatic heterocycles. The smallest absolute Gasteiger partial charge is 0.138 e. The number of nitrogens with two attached hydrogens (primary N) is 1. The highest BCUT2D eigenvalue weighted by Gasteiger charge is 2.29. The first-order valence-corrected chi connectivity index (χ1v) is 7.10. The van der Waals surface area contributed by atoms with Crippen LogP contribution in [0.4, 0.5) is 0 Å². The molecule has 1 saturated carbocycles. The number of benzene rings is 1. The molecule has 0 bridgehead atoms. The Morgan fingerprint density at radius 1 is 1.39 bits per heavy atom. The minimum Gasteiger partial charge on any atom is -0.489 e. The van der Waals surface area contributed by atoms with Crippen molar-refractivity contribution in [2.24, 2.45) is 17.6 Å². The van der Waals surface area contributed by atoms with Gasteiger partial charge in [0.1, 0.15) is 11.9 Å². The van der Waals surface area contributed by atoms with Gasteiger partial charge in [0.05, 0.1) is 5.02 Å². The second-order valence-corrected chi connectivity index (χ2v) is 5.91. The van der Waals surface area contributed by atoms with E-state index in [1.807, 2.05) is 25.1 Å². The first-order chi connectivity index (χ1) is 8.60. The SMILES string of the molecule is Cc1ccc(Cl)c(OC2CC(C)CCC2CN)c1. The lowest BCUT2D eigenvalue weighted by atomic mass is 9.80. The molecule has 3 atom stereocenters. The van der Waals surface area contributed by atoms with E-state index in [1.54, 1.807) is 0 Å². The average molecular weight is 268 g/mol. The second-order valence-electron chi connectivity index (χ2n) is 5.50. The number of aryl methyl sites for hydroxylation is 1. The van der Waals surface area contributed by atoms with Crippen molar-refractivity contribution in [3.63, 3.8) is 0 Å². The van der Waals surface area contributed by atoms with E-state index >= 15 is 0 Å². The summed E-state index contributed by atoms with van der Waals surface area (Å²) in [5.74, 6) is 1.97. The van der Waals surface area contributed by atoms with Crippen LogP contribution in [0.25, 0.3) is 0 Å². The maximum atomic E-state index is 6.19. The van der Waals surface area contributed by atoms with Gasteiger partial charge in [-0.3, -0.25) is 0 Å². The van der Waals surface area contributed by atoms with Crippen molar-refractivity contribution in [2.45, 2.75) is 39.2 Å². The van der Waals surface area contributed by atoms with Crippen LogP contribution in [-0.2, 0) is 0 Å². The topological polar surface area (TPSA) is 35.2 Å². The van der Waals surface area contributed by atoms with Gasteiger partial charge in [0.2, 0.25) is 0 Å². The van der Waals surface area contributed by atoms with Gasteiger partial charge >= 0.3 is 0 Å². The molecule has 1 aromatic rings. The molecule has 0 spiro atoms. The molecule has 0 amide bonds. The maximum Gasteiger partial charge on any atom is 0.138 e. The minimum absolute atomic E-state index is 0.207. The molecule has 0 saturated heterocycles. The Morgan fingerprint density at radius 3 is 2.89 bits per heavy atom. The van der Waals surface area contributed by atoms with Gasteiger partial charge in [-0.2, -0.15) is 0 Å². The maximum absolute atomic E-state index is 6.19. The van der Waals surface area contributed by atoms with Crippen LogP contribution in [0.15, 0.2) is 18.2 Å². The fourth-order valence-corrected chi connectivity index (χ4v) is 2.83. The third kappa shape index (κ3) is 3.18. The largest absolute Gasteiger partial charge is 0.489 e. The van der Waals surface area contributed by atoms with Crippen LogP contribution in [-0.4, -0.2) is 12.6 Å². The first-order valence-electron chi connectivity index (χ1n) is 6.73. The van der Waals surface area contributed by atoms with Crippen LogP contribution in [0, 0.1) is 18.8 Å². The Morgan fingerprint density at radius 2 is 2.17 bits per heavy atom. The molecule has 2 nitrogen and oxygen atoms in total. The summed E-state index contributed by atoms with van der Waals surface area (Å²) in [6.07, 6.45) is 3.69. The van der Waals surface area contributed by atoms with Crippen LogP contribution in [0.5, 0.6) is 5.75 Å². The van der Waals surface area contributed by atoms with Gasteiger partial charge in [0, 0.05) is 5.92 Å². The lowest BCUT2D eigenvalue weighted by Crippen LogP contribution is -2.37. The Bertz CT molecular complexity index is 407. The van der Waals surface area contributed by atoms with Crippen molar-refractivity contribution in [1.82, 2.24) is 0 Å². The summed E-state index contributed by atoms with van der Waals surface area (Å²) >= 11 is 6.19. The fraction of sp³-hybridized carbons (Fsp3) is 0.600. The molecule has 1 aliphatic rings. The molecule has 2 N–H and O–H groups in total. The van der Waals surface area contributed by atoms with Crippen LogP contribution >= 0.6 is 11.6 Å². The van der Waals surface area contributed by atoms with Crippen molar-refractivity contribution in [1.29, 1.82) is 0 Å². The minimum atomic E-state index is 0.207. The summed E-state index contributed by atoms with van der Waals surface area (Å²) in [6.45, 7) is 5.02. The van der Waals surface area contributed by atoms with Gasteiger partial charge in [-0.1, -0.05) is 31.0 Å². The van der Waals surface area contributed by atoms with Crippen LogP contribution < -0.4 is 10.5 Å². The molecule has 3 unspecified atom stereocenters. The van der Waals surface area contributed by atoms with E-state index < -0.39 is 0 Å². The molecule has 1 fully saturated rings. The number of halogens is 1. The highest BCUT2D eigenvalue weighted by Crippen LogP contribution is 2.34. The standard InChI is InChI=1S/C15H22ClNO/c1-10-3-5-12(9-17)14(7-10)18-15-8-11(2)4-6-13(15)16/h4,6,8,10,12,14H,3,5,7,9,17H2,1-2H3. The highest BCUT2D eigenvalue weighted by molar-refractivity contribution is 6.32. The Hall–Kier alpha value is -0.730. The predicted octanol–water partition coefficient (Wildman–Crippen LogP) is 3.79. The average Bonchev–Trinajstić information content (AvgIpc) is 2.34. The molecule has 2 rings (SSSR count). The van der Waals surface area contributed by atoms with Gasteiger partial charge in [0.15, 0.2) is 0 Å². The van der Waals surface area contributed by atoms with E-state index in [2.05, 4.69) is 6.92 Å². The summed E-state index contributed by atoms with van der Waals surface area (Å²) in [6, 6.07) is 5.91. The Balaban J connectivity index is 2.12. The van der Waals surface area contributed by atoms with Gasteiger partial charge in [-0.05, 0) is 49.9 Å². The zero-order valence-corrected chi connectivity index (χ0v) is 11.9. The molecule has 1 aliphatic carbocycles. The normalized spacial score (nSPS) is 28.1. The second kappa shape index (κ2) is 5.94. The molecule has 100 valence electrons. The van der Waals surface area contributed by atoms with Gasteiger partial charge < -0.3 is 10.5 Å². The van der Waals surface area contributed by atoms with E-state index in [-0.39, 0.29) is 6.10 Å². The Kier molecular flexibility index (Phi) is 4.52. The van der Waals surface area contributed by atoms with Crippen molar-refractivity contribution in [3.8, 4) is 5.75 Å². The van der Waals surface area contributed by atoms with E-state index in [0.717, 1.165) is 18.6 Å². The quantitative estimate of drug-likeness (QED) is 0.904. The van der Waals surface area contributed by atoms with E-state index in [4.69, 9.17) is 22.1 Å². The molecule has 0 aliphatic heterocycles. The van der Waals surface area contributed by atoms with Crippen LogP contribution in [0.2, 0.25) is 5.02 Å². The van der Waals surface area contributed by atoms with Crippen molar-refractivity contribution >= 4 is 11.6 Å². The molecular weight excluding hydrogens is 246 g/mol. The lowest BCUT2D eigenvalue weighted by molar-refractivity contribution is 0.0742. The van der Waals surface area contributed by atoms with Crippen molar-refractivity contribution in [2.75, 3.05) is 6.54 Å². The molecular formula is C15H22ClNO. The highest BCUT2D eigenvalue weighted by atomic mass is 35.5. The third-order valence-corrected chi connectivity index (χ3v) is 4.17. The predicted molar refractivity (Wildman–Crippen MR) is 76.2 cm³/mol. The molecule has 0 radical (unpaired) electrons. The first kappa shape index (κ1) is 13.7. The third-order valence-electron chi connectivity index (χ3n) is 3.86. The molecule has 0 heterocycles. The van der Waals surface area contributed by atoms with Gasteiger partial charge in [-0.15, -0.1) is 0 Å². The molecule has 18 heavy (non-hydrogen) atoms. The summed E-state index contributed by atoms with van der Waals surface area (Å²) < 4.78 is 6.13. The number of hydrogen-bond acceptors (Lipinski definition) is 2. The Labute approximate surface area is 114 Å². The van der Waals surface area contributed by atoms with Crippen molar-refractivity contribution < 1.29 is 4.74 Å². The summed E-state index contributed by atoms with van der Waals surface area (Å²) in [5.41, 5.74) is 7.02. The van der Waals surface area contributed by atoms with Gasteiger partial charge in [0.25, 0.3) is 0 Å². The van der Waals surface area contributed by atoms with Crippen molar-refractivity contribution in [3.05, 3.63) is 28.8 Å². The zero-order valence-electron chi connectivity index (χ0n) is 11.2. The fourth-order valence-electron chi connectivity index (χ4n) is 2.67.